The lowest BCUT2D eigenvalue weighted by Gasteiger charge is -2.36. The zero-order chi connectivity index (χ0) is 22.2. The van der Waals surface area contributed by atoms with Crippen molar-refractivity contribution in [3.05, 3.63) is 58.0 Å². The van der Waals surface area contributed by atoms with Gasteiger partial charge in [0.05, 0.1) is 18.4 Å². The highest BCUT2D eigenvalue weighted by Gasteiger charge is 2.34. The average molecular weight is 435 g/mol. The van der Waals surface area contributed by atoms with E-state index < -0.39 is 0 Å². The summed E-state index contributed by atoms with van der Waals surface area (Å²) < 4.78 is 6.82. The molecule has 1 saturated carbocycles. The zero-order valence-electron chi connectivity index (χ0n) is 18.3. The highest BCUT2D eigenvalue weighted by atomic mass is 16.5. The van der Waals surface area contributed by atoms with Crippen LogP contribution in [0, 0.1) is 19.8 Å². The molecule has 0 radical (unpaired) electrons. The molecule has 0 atom stereocenters. The largest absolute Gasteiger partial charge is 0.367 e. The highest BCUT2D eigenvalue weighted by Crippen LogP contribution is 2.31. The minimum Gasteiger partial charge on any atom is -0.367 e. The number of nitrogens with zero attached hydrogens (tertiary/aromatic N) is 6. The summed E-state index contributed by atoms with van der Waals surface area (Å²) in [6.45, 7) is 6.81. The monoisotopic (exact) mass is 434 g/mol. The molecule has 4 heterocycles. The Balaban J connectivity index is 1.31. The van der Waals surface area contributed by atoms with E-state index in [1.54, 1.807) is 18.5 Å². The molecule has 3 aromatic rings. The molecule has 1 amide bonds. The Morgan fingerprint density at radius 1 is 1.12 bits per heavy atom. The van der Waals surface area contributed by atoms with Crippen molar-refractivity contribution in [2.75, 3.05) is 31.1 Å². The van der Waals surface area contributed by atoms with Gasteiger partial charge in [0.1, 0.15) is 11.5 Å². The molecule has 3 aromatic heterocycles. The summed E-state index contributed by atoms with van der Waals surface area (Å²) in [4.78, 5) is 33.5. The smallest absolute Gasteiger partial charge is 0.269 e. The van der Waals surface area contributed by atoms with E-state index in [9.17, 15) is 9.59 Å². The Morgan fingerprint density at radius 2 is 1.91 bits per heavy atom. The third-order valence-corrected chi connectivity index (χ3v) is 6.22. The number of aryl methyl sites for hydroxylation is 2. The highest BCUT2D eigenvalue weighted by molar-refractivity contribution is 5.81. The van der Waals surface area contributed by atoms with Crippen LogP contribution in [0.15, 0.2) is 39.9 Å². The zero-order valence-corrected chi connectivity index (χ0v) is 18.3. The van der Waals surface area contributed by atoms with E-state index >= 15 is 0 Å². The number of pyridine rings is 1. The number of hydrogen-bond donors (Lipinski definition) is 0. The number of carbonyl (C=O) groups excluding carboxylic acids is 1. The standard InChI is InChI=1S/C23H26N6O3/c1-15-3-4-18(12-24-15)22-20(16(2)32-26-22)14-29-21(30)11-19(13-25-29)27-7-9-28(10-8-27)23(31)17-5-6-17/h3-4,11-13,17H,5-10,14H2,1-2H3. The molecule has 2 aliphatic rings. The van der Waals surface area contributed by atoms with E-state index in [4.69, 9.17) is 4.52 Å². The molecule has 0 aromatic carbocycles. The number of aromatic nitrogens is 4. The van der Waals surface area contributed by atoms with E-state index in [0.29, 0.717) is 37.6 Å². The van der Waals surface area contributed by atoms with Crippen LogP contribution in [0.25, 0.3) is 11.3 Å². The first kappa shape index (κ1) is 20.4. The summed E-state index contributed by atoms with van der Waals surface area (Å²) in [5.41, 5.74) is 3.84. The number of carbonyl (C=O) groups is 1. The van der Waals surface area contributed by atoms with E-state index in [-0.39, 0.29) is 23.9 Å². The molecule has 2 fully saturated rings. The maximum absolute atomic E-state index is 12.8. The van der Waals surface area contributed by atoms with Gasteiger partial charge in [0.25, 0.3) is 5.56 Å². The van der Waals surface area contributed by atoms with Crippen molar-refractivity contribution < 1.29 is 9.32 Å². The summed E-state index contributed by atoms with van der Waals surface area (Å²) in [5.74, 6) is 1.17. The van der Waals surface area contributed by atoms with Crippen LogP contribution >= 0.6 is 0 Å². The first-order valence-electron chi connectivity index (χ1n) is 11.0. The molecule has 1 aliphatic heterocycles. The molecule has 9 heteroatoms. The maximum Gasteiger partial charge on any atom is 0.269 e. The molecule has 32 heavy (non-hydrogen) atoms. The van der Waals surface area contributed by atoms with E-state index in [1.165, 1.54) is 4.68 Å². The van der Waals surface area contributed by atoms with Gasteiger partial charge in [0, 0.05) is 61.2 Å². The van der Waals surface area contributed by atoms with Gasteiger partial charge in [-0.15, -0.1) is 0 Å². The van der Waals surface area contributed by atoms with Crippen LogP contribution in [-0.4, -0.2) is 56.9 Å². The molecule has 9 nitrogen and oxygen atoms in total. The first-order valence-corrected chi connectivity index (χ1v) is 11.0. The van der Waals surface area contributed by atoms with E-state index in [2.05, 4.69) is 20.1 Å². The summed E-state index contributed by atoms with van der Waals surface area (Å²) >= 11 is 0. The van der Waals surface area contributed by atoms with Crippen molar-refractivity contribution in [2.45, 2.75) is 33.2 Å². The lowest BCUT2D eigenvalue weighted by molar-refractivity contribution is -0.132. The van der Waals surface area contributed by atoms with Crippen molar-refractivity contribution in [3.8, 4) is 11.3 Å². The number of amides is 1. The van der Waals surface area contributed by atoms with Gasteiger partial charge in [-0.25, -0.2) is 4.68 Å². The van der Waals surface area contributed by atoms with E-state index in [0.717, 1.165) is 35.3 Å². The van der Waals surface area contributed by atoms with Gasteiger partial charge in [0.15, 0.2) is 0 Å². The number of hydrogen-bond acceptors (Lipinski definition) is 7. The molecule has 166 valence electrons. The molecule has 1 saturated heterocycles. The fourth-order valence-corrected chi connectivity index (χ4v) is 4.05. The Labute approximate surface area is 185 Å². The summed E-state index contributed by atoms with van der Waals surface area (Å²) in [6.07, 6.45) is 5.52. The second-order valence-corrected chi connectivity index (χ2v) is 8.55. The Hall–Kier alpha value is -3.49. The van der Waals surface area contributed by atoms with Gasteiger partial charge < -0.3 is 14.3 Å². The van der Waals surface area contributed by atoms with Gasteiger partial charge in [-0.2, -0.15) is 5.10 Å². The third-order valence-electron chi connectivity index (χ3n) is 6.22. The van der Waals surface area contributed by atoms with Crippen LogP contribution < -0.4 is 10.5 Å². The Morgan fingerprint density at radius 3 is 2.56 bits per heavy atom. The lowest BCUT2D eigenvalue weighted by atomic mass is 10.1. The fraction of sp³-hybridized carbons (Fsp3) is 0.435. The van der Waals surface area contributed by atoms with Crippen molar-refractivity contribution in [1.29, 1.82) is 0 Å². The SMILES string of the molecule is Cc1ccc(-c2noc(C)c2Cn2ncc(N3CCN(C(=O)C4CC4)CC3)cc2=O)cn1. The Bertz CT molecular complexity index is 1190. The second kappa shape index (κ2) is 8.22. The number of anilines is 1. The fourth-order valence-electron chi connectivity index (χ4n) is 4.05. The maximum atomic E-state index is 12.8. The van der Waals surface area contributed by atoms with E-state index in [1.807, 2.05) is 30.9 Å². The molecule has 0 N–H and O–H groups in total. The van der Waals surface area contributed by atoms with Gasteiger partial charge in [-0.05, 0) is 38.8 Å². The summed E-state index contributed by atoms with van der Waals surface area (Å²) in [6, 6.07) is 5.47. The van der Waals surface area contributed by atoms with Gasteiger partial charge in [0.2, 0.25) is 5.91 Å². The molecule has 5 rings (SSSR count). The van der Waals surface area contributed by atoms with Crippen LogP contribution in [0.5, 0.6) is 0 Å². The average Bonchev–Trinajstić information content (AvgIpc) is 3.59. The predicted octanol–water partition coefficient (Wildman–Crippen LogP) is 2.02. The van der Waals surface area contributed by atoms with Crippen molar-refractivity contribution >= 4 is 11.6 Å². The molecular formula is C23H26N6O3. The summed E-state index contributed by atoms with van der Waals surface area (Å²) in [5, 5.41) is 8.58. The van der Waals surface area contributed by atoms with Crippen LogP contribution in [-0.2, 0) is 11.3 Å². The summed E-state index contributed by atoms with van der Waals surface area (Å²) in [7, 11) is 0. The molecule has 0 spiro atoms. The van der Waals surface area contributed by atoms with Crippen LogP contribution in [0.3, 0.4) is 0 Å². The quantitative estimate of drug-likeness (QED) is 0.606. The molecule has 0 bridgehead atoms. The molecule has 1 aliphatic carbocycles. The third kappa shape index (κ3) is 4.02. The second-order valence-electron chi connectivity index (χ2n) is 8.55. The van der Waals surface area contributed by atoms with Crippen LogP contribution in [0.2, 0.25) is 0 Å². The minimum absolute atomic E-state index is 0.187. The van der Waals surface area contributed by atoms with Crippen molar-refractivity contribution in [2.24, 2.45) is 5.92 Å². The first-order chi connectivity index (χ1) is 15.5. The van der Waals surface area contributed by atoms with Crippen molar-refractivity contribution in [3.63, 3.8) is 0 Å². The Kier molecular flexibility index (Phi) is 5.24. The molecule has 0 unspecified atom stereocenters. The van der Waals surface area contributed by atoms with Gasteiger partial charge >= 0.3 is 0 Å². The number of rotatable bonds is 5. The van der Waals surface area contributed by atoms with Crippen molar-refractivity contribution in [1.82, 2.24) is 24.8 Å². The van der Waals surface area contributed by atoms with Crippen LogP contribution in [0.1, 0.15) is 29.9 Å². The molecular weight excluding hydrogens is 408 g/mol. The minimum atomic E-state index is -0.187. The lowest BCUT2D eigenvalue weighted by Crippen LogP contribution is -2.49. The van der Waals surface area contributed by atoms with Crippen LogP contribution in [0.4, 0.5) is 5.69 Å². The van der Waals surface area contributed by atoms with Gasteiger partial charge in [-0.3, -0.25) is 14.6 Å². The van der Waals surface area contributed by atoms with Gasteiger partial charge in [-0.1, -0.05) is 5.16 Å². The number of piperazine rings is 1. The predicted molar refractivity (Wildman–Crippen MR) is 118 cm³/mol. The normalized spacial score (nSPS) is 16.4. The topological polar surface area (TPSA) is 97.4 Å².